The molecule has 0 saturated carbocycles. The first-order valence-electron chi connectivity index (χ1n) is 10.8. The molecule has 1 aromatic rings. The largest absolute Gasteiger partial charge is 0.382 e. The molecule has 176 valence electrons. The number of nitrogens with zero attached hydrogens (tertiary/aromatic N) is 3. The fourth-order valence-electron chi connectivity index (χ4n) is 4.11. The predicted octanol–water partition coefficient (Wildman–Crippen LogP) is 2.38. The lowest BCUT2D eigenvalue weighted by atomic mass is 10.0. The third-order valence-corrected chi connectivity index (χ3v) is 5.78. The summed E-state index contributed by atoms with van der Waals surface area (Å²) in [5.41, 5.74) is 1.10. The van der Waals surface area contributed by atoms with Crippen molar-refractivity contribution in [1.29, 1.82) is 0 Å². The van der Waals surface area contributed by atoms with Crippen molar-refractivity contribution in [2.45, 2.75) is 12.5 Å². The summed E-state index contributed by atoms with van der Waals surface area (Å²) in [5, 5.41) is 3.56. The second-order valence-electron chi connectivity index (χ2n) is 7.81. The number of nitrogens with one attached hydrogen (secondary N) is 1. The van der Waals surface area contributed by atoms with Gasteiger partial charge in [-0.2, -0.15) is 0 Å². The second-order valence-corrected chi connectivity index (χ2v) is 7.81. The summed E-state index contributed by atoms with van der Waals surface area (Å²) in [6, 6.07) is 6.96. The van der Waals surface area contributed by atoms with Crippen molar-refractivity contribution < 1.29 is 18.6 Å². The van der Waals surface area contributed by atoms with Gasteiger partial charge in [0.15, 0.2) is 5.96 Å². The number of rotatable bonds is 9. The Balaban J connectivity index is 0.00000341. The number of hydrogen-bond acceptors (Lipinski definition) is 5. The number of morpholine rings is 1. The number of aliphatic imine (C=N–C) groups is 1. The summed E-state index contributed by atoms with van der Waals surface area (Å²) in [6.45, 7) is 7.83. The van der Waals surface area contributed by atoms with Gasteiger partial charge in [0, 0.05) is 52.8 Å². The van der Waals surface area contributed by atoms with Crippen molar-refractivity contribution in [3.8, 4) is 0 Å². The van der Waals surface area contributed by atoms with E-state index in [0.29, 0.717) is 25.7 Å². The molecule has 2 aliphatic rings. The zero-order valence-corrected chi connectivity index (χ0v) is 20.9. The van der Waals surface area contributed by atoms with Gasteiger partial charge in [-0.1, -0.05) is 12.1 Å². The Morgan fingerprint density at radius 2 is 1.97 bits per heavy atom. The van der Waals surface area contributed by atoms with Gasteiger partial charge in [-0.25, -0.2) is 4.39 Å². The van der Waals surface area contributed by atoms with E-state index in [-0.39, 0.29) is 35.8 Å². The minimum Gasteiger partial charge on any atom is -0.382 e. The van der Waals surface area contributed by atoms with Gasteiger partial charge >= 0.3 is 0 Å². The molecule has 0 aromatic heterocycles. The quantitative estimate of drug-likeness (QED) is 0.221. The molecule has 2 fully saturated rings. The molecule has 1 aromatic carbocycles. The zero-order valence-electron chi connectivity index (χ0n) is 18.6. The smallest absolute Gasteiger partial charge is 0.193 e. The maximum Gasteiger partial charge on any atom is 0.193 e. The first kappa shape index (κ1) is 26.2. The van der Waals surface area contributed by atoms with E-state index < -0.39 is 0 Å². The molecule has 3 rings (SSSR count). The Bertz CT molecular complexity index is 659. The van der Waals surface area contributed by atoms with Crippen LogP contribution < -0.4 is 5.32 Å². The molecular weight excluding hydrogens is 514 g/mol. The van der Waals surface area contributed by atoms with Gasteiger partial charge in [-0.15, -0.1) is 24.0 Å². The average molecular weight is 550 g/mol. The van der Waals surface area contributed by atoms with Crippen LogP contribution >= 0.6 is 24.0 Å². The zero-order chi connectivity index (χ0) is 21.2. The summed E-state index contributed by atoms with van der Waals surface area (Å²) in [5.74, 6) is 1.21. The average Bonchev–Trinajstić information content (AvgIpc) is 3.25. The van der Waals surface area contributed by atoms with Crippen LogP contribution in [0.5, 0.6) is 0 Å². The molecule has 7 nitrogen and oxygen atoms in total. The van der Waals surface area contributed by atoms with Crippen LogP contribution in [0.4, 0.5) is 4.39 Å². The van der Waals surface area contributed by atoms with Gasteiger partial charge in [-0.3, -0.25) is 9.89 Å². The lowest BCUT2D eigenvalue weighted by Crippen LogP contribution is -2.47. The van der Waals surface area contributed by atoms with E-state index >= 15 is 0 Å². The summed E-state index contributed by atoms with van der Waals surface area (Å²) in [4.78, 5) is 9.20. The van der Waals surface area contributed by atoms with Crippen LogP contribution in [-0.2, 0) is 14.2 Å². The fourth-order valence-corrected chi connectivity index (χ4v) is 4.11. The van der Waals surface area contributed by atoms with Crippen LogP contribution in [0.2, 0.25) is 0 Å². The van der Waals surface area contributed by atoms with E-state index in [1.54, 1.807) is 7.11 Å². The Morgan fingerprint density at radius 1 is 1.23 bits per heavy atom. The SMILES string of the molecule is CN=C(NCC(c1ccc(F)cc1)N1CCOCC1)N1CCC(COCCOC)C1.I. The molecule has 0 amide bonds. The molecule has 0 aliphatic carbocycles. The molecule has 31 heavy (non-hydrogen) atoms. The van der Waals surface area contributed by atoms with Gasteiger partial charge in [0.05, 0.1) is 39.1 Å². The topological polar surface area (TPSA) is 58.6 Å². The number of benzene rings is 1. The maximum atomic E-state index is 13.4. The first-order valence-corrected chi connectivity index (χ1v) is 10.8. The summed E-state index contributed by atoms with van der Waals surface area (Å²) in [7, 11) is 3.51. The highest BCUT2D eigenvalue weighted by molar-refractivity contribution is 14.0. The molecule has 2 heterocycles. The number of halogens is 2. The van der Waals surface area contributed by atoms with Crippen LogP contribution in [0, 0.1) is 11.7 Å². The fraction of sp³-hybridized carbons (Fsp3) is 0.682. The number of hydrogen-bond donors (Lipinski definition) is 1. The minimum absolute atomic E-state index is 0. The molecule has 0 radical (unpaired) electrons. The van der Waals surface area contributed by atoms with Gasteiger partial charge in [0.1, 0.15) is 5.82 Å². The van der Waals surface area contributed by atoms with Gasteiger partial charge in [0.2, 0.25) is 0 Å². The van der Waals surface area contributed by atoms with Crippen molar-refractivity contribution in [2.75, 3.05) is 79.9 Å². The lowest BCUT2D eigenvalue weighted by molar-refractivity contribution is 0.0169. The van der Waals surface area contributed by atoms with E-state index in [4.69, 9.17) is 14.2 Å². The standard InChI is InChI=1S/C22H35FN4O3.HI/c1-24-22(27-8-7-18(16-27)17-30-14-13-28-2)25-15-21(26-9-11-29-12-10-26)19-3-5-20(23)6-4-19;/h3-6,18,21H,7-17H2,1-2H3,(H,24,25);1H. The third-order valence-electron chi connectivity index (χ3n) is 5.78. The summed E-state index contributed by atoms with van der Waals surface area (Å²) < 4.78 is 29.7. The first-order chi connectivity index (χ1) is 14.7. The molecule has 0 spiro atoms. The van der Waals surface area contributed by atoms with Crippen LogP contribution in [0.1, 0.15) is 18.0 Å². The Morgan fingerprint density at radius 3 is 2.65 bits per heavy atom. The predicted molar refractivity (Wildman–Crippen MR) is 131 cm³/mol. The van der Waals surface area contributed by atoms with Gasteiger partial charge in [0.25, 0.3) is 0 Å². The van der Waals surface area contributed by atoms with Crippen LogP contribution in [-0.4, -0.2) is 95.7 Å². The number of methoxy groups -OCH3 is 1. The monoisotopic (exact) mass is 550 g/mol. The Hall–Kier alpha value is -1.01. The van der Waals surface area contributed by atoms with E-state index in [1.165, 1.54) is 12.1 Å². The summed E-state index contributed by atoms with van der Waals surface area (Å²) >= 11 is 0. The maximum absolute atomic E-state index is 13.4. The van der Waals surface area contributed by atoms with Crippen molar-refractivity contribution in [1.82, 2.24) is 15.1 Å². The molecular formula is C22H36FIN4O3. The van der Waals surface area contributed by atoms with Crippen molar-refractivity contribution in [3.63, 3.8) is 0 Å². The summed E-state index contributed by atoms with van der Waals surface area (Å²) in [6.07, 6.45) is 1.10. The van der Waals surface area contributed by atoms with E-state index in [0.717, 1.165) is 63.9 Å². The Labute approximate surface area is 202 Å². The second kappa shape index (κ2) is 14.2. The lowest BCUT2D eigenvalue weighted by Gasteiger charge is -2.35. The van der Waals surface area contributed by atoms with Crippen LogP contribution in [0.3, 0.4) is 0 Å². The molecule has 0 bridgehead atoms. The number of ether oxygens (including phenoxy) is 3. The number of likely N-dealkylation sites (tertiary alicyclic amines) is 1. The molecule has 2 unspecified atom stereocenters. The normalized spacial score (nSPS) is 21.1. The van der Waals surface area contributed by atoms with Crippen molar-refractivity contribution in [2.24, 2.45) is 10.9 Å². The van der Waals surface area contributed by atoms with Crippen molar-refractivity contribution >= 4 is 29.9 Å². The van der Waals surface area contributed by atoms with E-state index in [1.807, 2.05) is 19.2 Å². The molecule has 2 aliphatic heterocycles. The van der Waals surface area contributed by atoms with Crippen LogP contribution in [0.25, 0.3) is 0 Å². The number of guanidine groups is 1. The highest BCUT2D eigenvalue weighted by Crippen LogP contribution is 2.22. The minimum atomic E-state index is -0.209. The van der Waals surface area contributed by atoms with E-state index in [9.17, 15) is 4.39 Å². The molecule has 9 heteroatoms. The van der Waals surface area contributed by atoms with Crippen molar-refractivity contribution in [3.05, 3.63) is 35.6 Å². The van der Waals surface area contributed by atoms with Gasteiger partial charge < -0.3 is 24.4 Å². The van der Waals surface area contributed by atoms with Gasteiger partial charge in [-0.05, 0) is 24.1 Å². The molecule has 2 atom stereocenters. The molecule has 1 N–H and O–H groups in total. The highest BCUT2D eigenvalue weighted by Gasteiger charge is 2.27. The third kappa shape index (κ3) is 8.12. The highest BCUT2D eigenvalue weighted by atomic mass is 127. The molecule has 2 saturated heterocycles. The van der Waals surface area contributed by atoms with Crippen LogP contribution in [0.15, 0.2) is 29.3 Å². The Kier molecular flexibility index (Phi) is 12.0. The van der Waals surface area contributed by atoms with E-state index in [2.05, 4.69) is 20.1 Å².